The zero-order chi connectivity index (χ0) is 61.4. The molecule has 1 aliphatic rings. The van der Waals surface area contributed by atoms with Crippen molar-refractivity contribution in [1.82, 2.24) is 0 Å². The summed E-state index contributed by atoms with van der Waals surface area (Å²) in [5.41, 5.74) is 0. The third kappa shape index (κ3) is 83.4. The summed E-state index contributed by atoms with van der Waals surface area (Å²) in [7, 11) is 0. The van der Waals surface area contributed by atoms with Gasteiger partial charge in [-0.15, -0.1) is 0 Å². The Kier molecular flexibility index (Phi) is 76.5. The molecule has 490 valence electrons. The van der Waals surface area contributed by atoms with Gasteiger partial charge in [0.25, 0.3) is 0 Å². The van der Waals surface area contributed by atoms with Gasteiger partial charge in [-0.1, -0.05) is 242 Å². The predicted octanol–water partition coefficient (Wildman–Crippen LogP) is 20.2. The van der Waals surface area contributed by atoms with Crippen molar-refractivity contribution < 1.29 is 54.9 Å². The number of rotatable bonds is 56. The summed E-state index contributed by atoms with van der Waals surface area (Å²) >= 11 is 0. The minimum atomic E-state index is -0.689. The number of carboxylic acid groups (broad SMARTS) is 3. The van der Waals surface area contributed by atoms with E-state index >= 15 is 0 Å². The van der Waals surface area contributed by atoms with Gasteiger partial charge >= 0.3 is 17.9 Å². The van der Waals surface area contributed by atoms with E-state index in [0.29, 0.717) is 38.6 Å². The SMILES string of the molecule is CCCCCCC(O)CC=CCCCCCCCC(=O)O.CCCCCCCCC=CCC(O)CCCCCCO.O=C(O)CCCCCCCC=CCC1CCCCCCO1.O=C(O)CCCCCCCC=CCCCCCCCCO. The molecule has 1 aliphatic heterocycles. The fourth-order valence-electron chi connectivity index (χ4n) is 9.91. The first-order valence-corrected chi connectivity index (χ1v) is 35.0. The zero-order valence-electron chi connectivity index (χ0n) is 54.2. The molecule has 83 heavy (non-hydrogen) atoms. The lowest BCUT2D eigenvalue weighted by atomic mass is 10.0. The Morgan fingerprint density at radius 1 is 0.373 bits per heavy atom. The fourth-order valence-corrected chi connectivity index (χ4v) is 9.91. The van der Waals surface area contributed by atoms with Gasteiger partial charge in [0.05, 0.1) is 18.3 Å². The van der Waals surface area contributed by atoms with Crippen molar-refractivity contribution in [3.63, 3.8) is 0 Å². The molecule has 7 N–H and O–H groups in total. The van der Waals surface area contributed by atoms with Crippen LogP contribution in [0, 0.1) is 0 Å². The van der Waals surface area contributed by atoms with Crippen LogP contribution < -0.4 is 0 Å². The van der Waals surface area contributed by atoms with Gasteiger partial charge in [-0.05, 0) is 141 Å². The second kappa shape index (κ2) is 75.3. The van der Waals surface area contributed by atoms with Gasteiger partial charge in [0.1, 0.15) is 0 Å². The van der Waals surface area contributed by atoms with Crippen molar-refractivity contribution in [2.24, 2.45) is 0 Å². The minimum Gasteiger partial charge on any atom is -0.481 e. The van der Waals surface area contributed by atoms with Gasteiger partial charge in [-0.3, -0.25) is 14.4 Å². The summed E-state index contributed by atoms with van der Waals surface area (Å²) in [6.45, 7) is 6.02. The maximum absolute atomic E-state index is 10.4. The van der Waals surface area contributed by atoms with Gasteiger partial charge in [-0.25, -0.2) is 0 Å². The second-order valence-electron chi connectivity index (χ2n) is 23.7. The van der Waals surface area contributed by atoms with Crippen molar-refractivity contribution in [3.05, 3.63) is 48.6 Å². The minimum absolute atomic E-state index is 0.172. The summed E-state index contributed by atoms with van der Waals surface area (Å²) in [6, 6.07) is 0. The number of ether oxygens (including phenoxy) is 1. The highest BCUT2D eigenvalue weighted by molar-refractivity contribution is 5.67. The van der Waals surface area contributed by atoms with Crippen molar-refractivity contribution in [2.75, 3.05) is 19.8 Å². The number of aliphatic hydroxyl groups excluding tert-OH is 4. The standard InChI is InChI=1S/C18H32O3.2C18H34O3.C18H36O2/c19-18(20)15-11-6-4-2-1-3-5-9-13-17-14-10-7-8-12-16-21-17;1-2-3-4-11-14-17(19)15-12-9-7-5-6-8-10-13-16-18(20)21;19-17-15-13-11-9-7-5-3-1-2-4-6-8-10-12-14-16-18(20)21;1-2-3-4-5-6-7-8-9-12-15-18(20)16-13-10-11-14-17-19/h5,9,17H,1-4,6-8,10-16H2,(H,19,20);9,12,17,19H,2-8,10-11,13-16H2,1H3,(H,20,21);1-2,19H,3-17H2,(H,20,21);9,12,18-20H,2-8,10-11,13-17H2,1H3. The first-order chi connectivity index (χ1) is 40.5. The third-order valence-electron chi connectivity index (χ3n) is 15.3. The Balaban J connectivity index is -0.00000103. The molecule has 0 aromatic carbocycles. The summed E-state index contributed by atoms with van der Waals surface area (Å²) in [5.74, 6) is -2.04. The van der Waals surface area contributed by atoms with E-state index in [1.165, 1.54) is 161 Å². The lowest BCUT2D eigenvalue weighted by molar-refractivity contribution is -0.138. The third-order valence-corrected chi connectivity index (χ3v) is 15.3. The van der Waals surface area contributed by atoms with Gasteiger partial charge in [0.2, 0.25) is 0 Å². The Hall–Kier alpha value is -2.83. The van der Waals surface area contributed by atoms with E-state index in [9.17, 15) is 24.6 Å². The van der Waals surface area contributed by atoms with Crippen LogP contribution in [-0.4, -0.2) is 91.8 Å². The molecule has 1 rings (SSSR count). The molecular weight excluding hydrogens is 1040 g/mol. The van der Waals surface area contributed by atoms with Gasteiger partial charge in [-0.2, -0.15) is 0 Å². The van der Waals surface area contributed by atoms with Crippen molar-refractivity contribution in [3.8, 4) is 0 Å². The fraction of sp³-hybridized carbons (Fsp3) is 0.847. The van der Waals surface area contributed by atoms with Gasteiger partial charge < -0.3 is 40.5 Å². The molecule has 3 unspecified atom stereocenters. The Morgan fingerprint density at radius 3 is 1.05 bits per heavy atom. The van der Waals surface area contributed by atoms with Crippen LogP contribution in [0.15, 0.2) is 48.6 Å². The average molecular weight is 1180 g/mol. The molecule has 0 amide bonds. The van der Waals surface area contributed by atoms with Crippen LogP contribution in [0.3, 0.4) is 0 Å². The molecule has 11 heteroatoms. The van der Waals surface area contributed by atoms with E-state index in [1.54, 1.807) is 0 Å². The number of carbonyl (C=O) groups is 3. The molecule has 0 aliphatic carbocycles. The number of hydrogen-bond acceptors (Lipinski definition) is 8. The summed E-state index contributed by atoms with van der Waals surface area (Å²) < 4.78 is 5.88. The van der Waals surface area contributed by atoms with Crippen LogP contribution in [0.1, 0.15) is 354 Å². The zero-order valence-corrected chi connectivity index (χ0v) is 54.2. The van der Waals surface area contributed by atoms with E-state index in [4.69, 9.17) is 30.3 Å². The second-order valence-corrected chi connectivity index (χ2v) is 23.7. The molecule has 0 aromatic heterocycles. The lowest BCUT2D eigenvalue weighted by Crippen LogP contribution is -2.15. The van der Waals surface area contributed by atoms with E-state index in [0.717, 1.165) is 167 Å². The smallest absolute Gasteiger partial charge is 0.303 e. The highest BCUT2D eigenvalue weighted by atomic mass is 16.5. The monoisotopic (exact) mass is 1180 g/mol. The Bertz CT molecular complexity index is 1400. The summed E-state index contributed by atoms with van der Waals surface area (Å²) in [4.78, 5) is 31.0. The maximum Gasteiger partial charge on any atom is 0.303 e. The average Bonchev–Trinajstić information content (AvgIpc) is 3.45. The predicted molar refractivity (Wildman–Crippen MR) is 351 cm³/mol. The number of unbranched alkanes of at least 4 members (excludes halogenated alkanes) is 33. The lowest BCUT2D eigenvalue weighted by Gasteiger charge is -2.19. The normalized spacial score (nSPS) is 14.4. The van der Waals surface area contributed by atoms with Crippen LogP contribution in [0.2, 0.25) is 0 Å². The Morgan fingerprint density at radius 2 is 0.675 bits per heavy atom. The molecule has 1 heterocycles. The number of hydrogen-bond donors (Lipinski definition) is 7. The summed E-state index contributed by atoms with van der Waals surface area (Å²) in [6.07, 6.45) is 76.1. The molecule has 0 saturated carbocycles. The molecule has 3 atom stereocenters. The summed E-state index contributed by atoms with van der Waals surface area (Å²) in [5, 5.41) is 62.5. The molecule has 1 saturated heterocycles. The van der Waals surface area contributed by atoms with E-state index in [-0.39, 0.29) is 12.2 Å². The van der Waals surface area contributed by atoms with Crippen LogP contribution in [0.25, 0.3) is 0 Å². The molecule has 0 radical (unpaired) electrons. The molecule has 0 aromatic rings. The van der Waals surface area contributed by atoms with Crippen molar-refractivity contribution in [1.29, 1.82) is 0 Å². The molecule has 11 nitrogen and oxygen atoms in total. The number of aliphatic hydroxyl groups is 4. The van der Waals surface area contributed by atoms with Gasteiger partial charge in [0.15, 0.2) is 0 Å². The van der Waals surface area contributed by atoms with Crippen LogP contribution in [-0.2, 0) is 19.1 Å². The quantitative estimate of drug-likeness (QED) is 0.0226. The van der Waals surface area contributed by atoms with Crippen molar-refractivity contribution >= 4 is 17.9 Å². The molecule has 1 fully saturated rings. The highest BCUT2D eigenvalue weighted by Crippen LogP contribution is 2.18. The van der Waals surface area contributed by atoms with Crippen LogP contribution >= 0.6 is 0 Å². The van der Waals surface area contributed by atoms with E-state index in [1.807, 2.05) is 0 Å². The van der Waals surface area contributed by atoms with E-state index < -0.39 is 17.9 Å². The molecular formula is C72H136O11. The van der Waals surface area contributed by atoms with Crippen molar-refractivity contribution in [2.45, 2.75) is 372 Å². The van der Waals surface area contributed by atoms with Gasteiger partial charge in [0, 0.05) is 39.1 Å². The number of aliphatic carboxylic acids is 3. The molecule has 0 bridgehead atoms. The number of carboxylic acids is 3. The largest absolute Gasteiger partial charge is 0.481 e. The van der Waals surface area contributed by atoms with Crippen LogP contribution in [0.4, 0.5) is 0 Å². The van der Waals surface area contributed by atoms with Crippen LogP contribution in [0.5, 0.6) is 0 Å². The highest BCUT2D eigenvalue weighted by Gasteiger charge is 2.10. The topological polar surface area (TPSA) is 202 Å². The first-order valence-electron chi connectivity index (χ1n) is 35.0. The Labute approximate surface area is 511 Å². The number of allylic oxidation sites excluding steroid dienone is 5. The van der Waals surface area contributed by atoms with E-state index in [2.05, 4.69) is 62.5 Å². The molecule has 0 spiro atoms. The maximum atomic E-state index is 10.4. The first kappa shape index (κ1) is 84.4.